The second-order valence-corrected chi connectivity index (χ2v) is 5.35. The number of ether oxygens (including phenoxy) is 2. The maximum absolute atomic E-state index is 12.0. The Morgan fingerprint density at radius 2 is 1.62 bits per heavy atom. The summed E-state index contributed by atoms with van der Waals surface area (Å²) in [6.07, 6.45) is 0. The third-order valence-corrected chi connectivity index (χ3v) is 3.78. The minimum atomic E-state index is -0.172. The Labute approximate surface area is 141 Å². The quantitative estimate of drug-likeness (QED) is 0.755. The van der Waals surface area contributed by atoms with E-state index in [4.69, 9.17) is 9.47 Å². The van der Waals surface area contributed by atoms with Gasteiger partial charge in [-0.25, -0.2) is 0 Å². The number of nitrogens with one attached hydrogen (secondary N) is 1. The third kappa shape index (κ3) is 3.66. The number of methoxy groups -OCH3 is 1. The molecule has 3 aromatic rings. The van der Waals surface area contributed by atoms with Crippen LogP contribution in [0.25, 0.3) is 10.8 Å². The fourth-order valence-corrected chi connectivity index (χ4v) is 2.57. The van der Waals surface area contributed by atoms with Gasteiger partial charge in [-0.05, 0) is 28.5 Å². The summed E-state index contributed by atoms with van der Waals surface area (Å²) in [5.41, 5.74) is 1.08. The molecular weight excluding hydrogens is 302 g/mol. The highest BCUT2D eigenvalue weighted by molar-refractivity contribution is 5.86. The van der Waals surface area contributed by atoms with Gasteiger partial charge < -0.3 is 14.8 Å². The molecule has 3 aromatic carbocycles. The molecule has 0 heterocycles. The van der Waals surface area contributed by atoms with E-state index in [0.29, 0.717) is 18.0 Å². The minimum absolute atomic E-state index is 0.0505. The number of amides is 1. The lowest BCUT2D eigenvalue weighted by atomic mass is 10.0. The molecule has 0 aliphatic rings. The lowest BCUT2D eigenvalue weighted by Crippen LogP contribution is -2.28. The molecule has 0 fully saturated rings. The number of hydrogen-bond acceptors (Lipinski definition) is 3. The number of para-hydroxylation sites is 2. The van der Waals surface area contributed by atoms with Crippen molar-refractivity contribution >= 4 is 16.7 Å². The lowest BCUT2D eigenvalue weighted by molar-refractivity contribution is -0.123. The van der Waals surface area contributed by atoms with Gasteiger partial charge in [-0.2, -0.15) is 0 Å². The molecule has 4 nitrogen and oxygen atoms in total. The van der Waals surface area contributed by atoms with Crippen molar-refractivity contribution < 1.29 is 14.3 Å². The van der Waals surface area contributed by atoms with Crippen LogP contribution in [0.5, 0.6) is 11.5 Å². The Hall–Kier alpha value is -3.01. The summed E-state index contributed by atoms with van der Waals surface area (Å²) >= 11 is 0. The monoisotopic (exact) mass is 321 g/mol. The zero-order valence-corrected chi connectivity index (χ0v) is 13.5. The second kappa shape index (κ2) is 7.51. The van der Waals surface area contributed by atoms with E-state index >= 15 is 0 Å². The molecule has 0 bridgehead atoms. The van der Waals surface area contributed by atoms with Gasteiger partial charge in [0.25, 0.3) is 5.91 Å². The molecule has 0 radical (unpaired) electrons. The number of carbonyl (C=O) groups is 1. The van der Waals surface area contributed by atoms with Gasteiger partial charge in [-0.3, -0.25) is 4.79 Å². The zero-order valence-electron chi connectivity index (χ0n) is 13.5. The number of fused-ring (bicyclic) bond motifs is 1. The number of carbonyl (C=O) groups excluding carboxylic acids is 1. The fourth-order valence-electron chi connectivity index (χ4n) is 2.57. The van der Waals surface area contributed by atoms with Gasteiger partial charge in [-0.15, -0.1) is 0 Å². The van der Waals surface area contributed by atoms with Crippen LogP contribution >= 0.6 is 0 Å². The molecule has 3 rings (SSSR count). The maximum Gasteiger partial charge on any atom is 0.258 e. The van der Waals surface area contributed by atoms with E-state index in [9.17, 15) is 4.79 Å². The van der Waals surface area contributed by atoms with Gasteiger partial charge in [0, 0.05) is 6.54 Å². The van der Waals surface area contributed by atoms with Crippen LogP contribution in [0.1, 0.15) is 5.56 Å². The number of hydrogen-bond donors (Lipinski definition) is 1. The molecule has 4 heteroatoms. The average molecular weight is 321 g/mol. The predicted molar refractivity (Wildman–Crippen MR) is 94.3 cm³/mol. The van der Waals surface area contributed by atoms with Gasteiger partial charge in [0.05, 0.1) is 7.11 Å². The summed E-state index contributed by atoms with van der Waals surface area (Å²) in [5, 5.41) is 5.20. The van der Waals surface area contributed by atoms with Crippen molar-refractivity contribution in [1.29, 1.82) is 0 Å². The van der Waals surface area contributed by atoms with E-state index in [-0.39, 0.29) is 12.5 Å². The van der Waals surface area contributed by atoms with Crippen LogP contribution in [0, 0.1) is 0 Å². The van der Waals surface area contributed by atoms with Gasteiger partial charge in [0.15, 0.2) is 18.1 Å². The van der Waals surface area contributed by atoms with E-state index in [2.05, 4.69) is 23.5 Å². The summed E-state index contributed by atoms with van der Waals surface area (Å²) in [6, 6.07) is 21.5. The molecule has 0 atom stereocenters. The molecule has 0 aliphatic carbocycles. The van der Waals surface area contributed by atoms with Crippen LogP contribution < -0.4 is 14.8 Å². The van der Waals surface area contributed by atoms with Crippen LogP contribution in [0.2, 0.25) is 0 Å². The molecule has 0 saturated heterocycles. The Balaban J connectivity index is 1.59. The Bertz CT molecular complexity index is 840. The normalized spacial score (nSPS) is 10.4. The smallest absolute Gasteiger partial charge is 0.258 e. The van der Waals surface area contributed by atoms with Crippen molar-refractivity contribution in [3.8, 4) is 11.5 Å². The first-order valence-electron chi connectivity index (χ1n) is 7.77. The Morgan fingerprint density at radius 3 is 2.46 bits per heavy atom. The highest BCUT2D eigenvalue weighted by Crippen LogP contribution is 2.25. The molecule has 0 saturated carbocycles. The van der Waals surface area contributed by atoms with Crippen LogP contribution in [-0.2, 0) is 11.3 Å². The van der Waals surface area contributed by atoms with Crippen molar-refractivity contribution in [2.24, 2.45) is 0 Å². The predicted octanol–water partition coefficient (Wildman–Crippen LogP) is 3.54. The molecular formula is C20H19NO3. The molecule has 24 heavy (non-hydrogen) atoms. The maximum atomic E-state index is 12.0. The zero-order chi connectivity index (χ0) is 16.8. The SMILES string of the molecule is COc1ccccc1OCC(=O)NCc1cccc2ccccc12. The van der Waals surface area contributed by atoms with Crippen molar-refractivity contribution in [3.05, 3.63) is 72.3 Å². The standard InChI is InChI=1S/C20H19NO3/c1-23-18-11-4-5-12-19(18)24-14-20(22)21-13-16-9-6-8-15-7-2-3-10-17(15)16/h2-12H,13-14H2,1H3,(H,21,22). The highest BCUT2D eigenvalue weighted by Gasteiger charge is 2.07. The van der Waals surface area contributed by atoms with E-state index in [1.54, 1.807) is 19.2 Å². The van der Waals surface area contributed by atoms with Gasteiger partial charge in [0.2, 0.25) is 0 Å². The summed E-state index contributed by atoms with van der Waals surface area (Å²) < 4.78 is 10.7. The van der Waals surface area contributed by atoms with Crippen molar-refractivity contribution in [2.45, 2.75) is 6.54 Å². The van der Waals surface area contributed by atoms with Gasteiger partial charge in [-0.1, -0.05) is 54.6 Å². The first-order valence-corrected chi connectivity index (χ1v) is 7.77. The molecule has 1 N–H and O–H groups in total. The summed E-state index contributed by atoms with van der Waals surface area (Å²) in [6.45, 7) is 0.417. The van der Waals surface area contributed by atoms with Crippen LogP contribution in [-0.4, -0.2) is 19.6 Å². The van der Waals surface area contributed by atoms with E-state index < -0.39 is 0 Å². The first kappa shape index (κ1) is 15.9. The average Bonchev–Trinajstić information content (AvgIpc) is 2.64. The van der Waals surface area contributed by atoms with E-state index in [1.807, 2.05) is 36.4 Å². The molecule has 122 valence electrons. The fraction of sp³-hybridized carbons (Fsp3) is 0.150. The van der Waals surface area contributed by atoms with E-state index in [1.165, 1.54) is 0 Å². The lowest BCUT2D eigenvalue weighted by Gasteiger charge is -2.11. The Kier molecular flexibility index (Phi) is 4.96. The molecule has 0 spiro atoms. The van der Waals surface area contributed by atoms with Crippen LogP contribution in [0.4, 0.5) is 0 Å². The first-order chi connectivity index (χ1) is 11.8. The van der Waals surface area contributed by atoms with Crippen LogP contribution in [0.3, 0.4) is 0 Å². The molecule has 0 unspecified atom stereocenters. The van der Waals surface area contributed by atoms with Crippen LogP contribution in [0.15, 0.2) is 66.7 Å². The van der Waals surface area contributed by atoms with Gasteiger partial charge in [0.1, 0.15) is 0 Å². The van der Waals surface area contributed by atoms with Crippen molar-refractivity contribution in [3.63, 3.8) is 0 Å². The second-order valence-electron chi connectivity index (χ2n) is 5.35. The summed E-state index contributed by atoms with van der Waals surface area (Å²) in [7, 11) is 1.57. The third-order valence-electron chi connectivity index (χ3n) is 3.78. The summed E-state index contributed by atoms with van der Waals surface area (Å²) in [4.78, 5) is 12.0. The van der Waals surface area contributed by atoms with E-state index in [0.717, 1.165) is 16.3 Å². The number of rotatable bonds is 6. The van der Waals surface area contributed by atoms with Crippen molar-refractivity contribution in [1.82, 2.24) is 5.32 Å². The highest BCUT2D eigenvalue weighted by atomic mass is 16.5. The van der Waals surface area contributed by atoms with Crippen molar-refractivity contribution in [2.75, 3.05) is 13.7 Å². The minimum Gasteiger partial charge on any atom is -0.493 e. The molecule has 0 aromatic heterocycles. The Morgan fingerprint density at radius 1 is 0.917 bits per heavy atom. The largest absolute Gasteiger partial charge is 0.493 e. The summed E-state index contributed by atoms with van der Waals surface area (Å²) in [5.74, 6) is 0.994. The topological polar surface area (TPSA) is 47.6 Å². The molecule has 0 aliphatic heterocycles. The number of benzene rings is 3. The van der Waals surface area contributed by atoms with Gasteiger partial charge >= 0.3 is 0 Å². The molecule has 1 amide bonds.